The van der Waals surface area contributed by atoms with Crippen molar-refractivity contribution in [2.45, 2.75) is 26.2 Å². The number of allylic oxidation sites excluding steroid dienone is 2. The Morgan fingerprint density at radius 2 is 1.72 bits per heavy atom. The fraction of sp³-hybridized carbons (Fsp3) is 0.375. The number of carbonyl (C=O) groups excluding carboxylic acids is 2. The predicted molar refractivity (Wildman–Crippen MR) is 112 cm³/mol. The Kier molecular flexibility index (Phi) is 4.46. The van der Waals surface area contributed by atoms with Crippen molar-refractivity contribution in [1.29, 1.82) is 0 Å². The van der Waals surface area contributed by atoms with Crippen LogP contribution in [-0.2, 0) is 9.59 Å². The second-order valence-corrected chi connectivity index (χ2v) is 8.12. The van der Waals surface area contributed by atoms with E-state index in [1.54, 1.807) is 6.21 Å². The Hall–Kier alpha value is -2.95. The summed E-state index contributed by atoms with van der Waals surface area (Å²) in [6.45, 7) is 2.65. The van der Waals surface area contributed by atoms with Gasteiger partial charge in [0.05, 0.1) is 24.7 Å². The Balaban J connectivity index is 1.51. The molecule has 2 fully saturated rings. The maximum Gasteiger partial charge on any atom is 0.254 e. The molecule has 6 rings (SSSR count). The normalized spacial score (nSPS) is 28.0. The number of ether oxygens (including phenoxy) is 1. The predicted octanol–water partition coefficient (Wildman–Crippen LogP) is 4.16. The van der Waals surface area contributed by atoms with E-state index in [0.717, 1.165) is 40.6 Å². The van der Waals surface area contributed by atoms with Crippen LogP contribution in [0.1, 0.15) is 31.7 Å². The van der Waals surface area contributed by atoms with Gasteiger partial charge in [0.25, 0.3) is 11.8 Å². The number of nitrogens with zero attached hydrogens (tertiary/aromatic N) is 2. The average molecular weight is 388 g/mol. The van der Waals surface area contributed by atoms with Gasteiger partial charge in [-0.15, -0.1) is 0 Å². The Morgan fingerprint density at radius 1 is 1.03 bits per heavy atom. The van der Waals surface area contributed by atoms with Gasteiger partial charge in [0, 0.05) is 5.56 Å². The molecule has 2 bridgehead atoms. The van der Waals surface area contributed by atoms with Crippen molar-refractivity contribution >= 4 is 28.8 Å². The molecule has 1 saturated heterocycles. The minimum atomic E-state index is -0.244. The summed E-state index contributed by atoms with van der Waals surface area (Å²) in [5.41, 5.74) is 0.799. The van der Waals surface area contributed by atoms with E-state index in [1.807, 2.05) is 36.4 Å². The molecule has 1 saturated carbocycles. The fourth-order valence-corrected chi connectivity index (χ4v) is 5.03. The van der Waals surface area contributed by atoms with E-state index in [4.69, 9.17) is 4.74 Å². The fourth-order valence-electron chi connectivity index (χ4n) is 5.03. The van der Waals surface area contributed by atoms with Crippen LogP contribution >= 0.6 is 0 Å². The molecule has 2 amide bonds. The molecule has 5 nitrogen and oxygen atoms in total. The lowest BCUT2D eigenvalue weighted by Gasteiger charge is -2.37. The number of rotatable bonds is 5. The first kappa shape index (κ1) is 18.1. The van der Waals surface area contributed by atoms with Crippen molar-refractivity contribution in [3.05, 3.63) is 54.1 Å². The third kappa shape index (κ3) is 2.87. The van der Waals surface area contributed by atoms with Crippen molar-refractivity contribution in [3.8, 4) is 5.75 Å². The summed E-state index contributed by atoms with van der Waals surface area (Å²) in [6.07, 6.45) is 8.72. The van der Waals surface area contributed by atoms with Gasteiger partial charge in [0.15, 0.2) is 0 Å². The van der Waals surface area contributed by atoms with E-state index in [2.05, 4.69) is 24.2 Å². The summed E-state index contributed by atoms with van der Waals surface area (Å²) in [7, 11) is 0. The molecule has 1 heterocycles. The largest absolute Gasteiger partial charge is 0.493 e. The summed E-state index contributed by atoms with van der Waals surface area (Å²) in [5, 5.41) is 7.56. The number of fused-ring (bicyclic) bond motifs is 2. The molecule has 4 aliphatic rings. The smallest absolute Gasteiger partial charge is 0.254 e. The molecule has 0 N–H and O–H groups in total. The number of carbonyl (C=O) groups is 2. The molecule has 29 heavy (non-hydrogen) atoms. The molecule has 4 atom stereocenters. The molecule has 3 aliphatic carbocycles. The van der Waals surface area contributed by atoms with Crippen LogP contribution in [0.3, 0.4) is 0 Å². The average Bonchev–Trinajstić information content (AvgIpc) is 3.04. The van der Waals surface area contributed by atoms with Gasteiger partial charge >= 0.3 is 0 Å². The number of hydrazone groups is 1. The molecule has 5 heteroatoms. The van der Waals surface area contributed by atoms with Crippen molar-refractivity contribution in [2.24, 2.45) is 28.8 Å². The highest BCUT2D eigenvalue weighted by atomic mass is 16.5. The topological polar surface area (TPSA) is 59.0 Å². The number of amides is 2. The zero-order valence-electron chi connectivity index (χ0n) is 16.5. The molecule has 1 aliphatic heterocycles. The third-order valence-electron chi connectivity index (χ3n) is 6.43. The molecular weight excluding hydrogens is 364 g/mol. The van der Waals surface area contributed by atoms with E-state index in [0.29, 0.717) is 12.4 Å². The van der Waals surface area contributed by atoms with Crippen LogP contribution in [0.25, 0.3) is 10.8 Å². The highest BCUT2D eigenvalue weighted by Crippen LogP contribution is 2.49. The lowest BCUT2D eigenvalue weighted by Crippen LogP contribution is -2.38. The first-order valence-corrected chi connectivity index (χ1v) is 10.4. The molecule has 0 aromatic heterocycles. The zero-order valence-corrected chi connectivity index (χ0v) is 16.5. The highest BCUT2D eigenvalue weighted by molar-refractivity contribution is 6.08. The molecule has 0 radical (unpaired) electrons. The number of hydrogen-bond acceptors (Lipinski definition) is 4. The molecule has 148 valence electrons. The van der Waals surface area contributed by atoms with E-state index >= 15 is 0 Å². The summed E-state index contributed by atoms with van der Waals surface area (Å²) >= 11 is 0. The lowest BCUT2D eigenvalue weighted by molar-refractivity contribution is -0.140. The minimum absolute atomic E-state index is 0.161. The van der Waals surface area contributed by atoms with Gasteiger partial charge in [-0.1, -0.05) is 49.4 Å². The maximum atomic E-state index is 13.0. The summed E-state index contributed by atoms with van der Waals surface area (Å²) in [5.74, 6) is 0.245. The van der Waals surface area contributed by atoms with Gasteiger partial charge in [0.2, 0.25) is 0 Å². The van der Waals surface area contributed by atoms with Crippen LogP contribution in [-0.4, -0.2) is 29.6 Å². The minimum Gasteiger partial charge on any atom is -0.493 e. The number of hydrogen-bond donors (Lipinski definition) is 0. The van der Waals surface area contributed by atoms with Crippen LogP contribution in [0.5, 0.6) is 5.75 Å². The molecule has 0 unspecified atom stereocenters. The second kappa shape index (κ2) is 7.14. The monoisotopic (exact) mass is 388 g/mol. The van der Waals surface area contributed by atoms with Crippen LogP contribution in [0, 0.1) is 23.7 Å². The summed E-state index contributed by atoms with van der Waals surface area (Å²) in [6, 6.07) is 11.9. The summed E-state index contributed by atoms with van der Waals surface area (Å²) in [4.78, 5) is 26.0. The second-order valence-electron chi connectivity index (χ2n) is 8.12. The van der Waals surface area contributed by atoms with Gasteiger partial charge < -0.3 is 4.74 Å². The first-order chi connectivity index (χ1) is 14.2. The van der Waals surface area contributed by atoms with Gasteiger partial charge in [-0.3, -0.25) is 9.59 Å². The van der Waals surface area contributed by atoms with E-state index in [-0.39, 0.29) is 35.5 Å². The molecule has 0 spiro atoms. The molecular formula is C24H24N2O3. The van der Waals surface area contributed by atoms with E-state index < -0.39 is 0 Å². The van der Waals surface area contributed by atoms with Crippen molar-refractivity contribution in [1.82, 2.24) is 5.01 Å². The number of imide groups is 1. The number of benzene rings is 2. The van der Waals surface area contributed by atoms with Crippen molar-refractivity contribution < 1.29 is 14.3 Å². The maximum absolute atomic E-state index is 13.0. The first-order valence-electron chi connectivity index (χ1n) is 10.4. The van der Waals surface area contributed by atoms with Crippen LogP contribution in [0.15, 0.2) is 53.7 Å². The Bertz CT molecular complexity index is 1010. The van der Waals surface area contributed by atoms with Gasteiger partial charge in [0.1, 0.15) is 5.75 Å². The standard InChI is InChI=1S/C24H24N2O3/c1-2-13-29-20-12-11-15-5-3-4-6-18(15)19(20)14-25-26-23(27)21-16-7-8-17(10-9-16)22(21)24(26)28/h3-8,11-12,14,16-17,21-22H,2,9-10,13H2,1H3/b25-14-/t16-,17-,21-,22+/m0/s1. The van der Waals surface area contributed by atoms with Crippen LogP contribution in [0.2, 0.25) is 0 Å². The summed E-state index contributed by atoms with van der Waals surface area (Å²) < 4.78 is 5.91. The zero-order chi connectivity index (χ0) is 20.0. The van der Waals surface area contributed by atoms with Gasteiger partial charge in [-0.2, -0.15) is 10.1 Å². The quantitative estimate of drug-likeness (QED) is 0.439. The van der Waals surface area contributed by atoms with Crippen LogP contribution < -0.4 is 4.74 Å². The van der Waals surface area contributed by atoms with E-state index in [1.165, 1.54) is 0 Å². The lowest BCUT2D eigenvalue weighted by atomic mass is 9.63. The van der Waals surface area contributed by atoms with Gasteiger partial charge in [-0.05, 0) is 47.9 Å². The Labute approximate surface area is 170 Å². The van der Waals surface area contributed by atoms with Crippen LogP contribution in [0.4, 0.5) is 0 Å². The molecule has 2 aromatic rings. The van der Waals surface area contributed by atoms with Crippen molar-refractivity contribution in [3.63, 3.8) is 0 Å². The third-order valence-corrected chi connectivity index (χ3v) is 6.43. The molecule has 2 aromatic carbocycles. The Morgan fingerprint density at radius 3 is 2.38 bits per heavy atom. The van der Waals surface area contributed by atoms with Crippen molar-refractivity contribution in [2.75, 3.05) is 6.61 Å². The van der Waals surface area contributed by atoms with Gasteiger partial charge in [-0.25, -0.2) is 0 Å². The SMILES string of the molecule is CCCOc1ccc2ccccc2c1/C=N\N1C(=O)[C@@H]2[C@H](C1=O)[C@H]1C=C[C@H]2CC1. The van der Waals surface area contributed by atoms with E-state index in [9.17, 15) is 9.59 Å². The highest BCUT2D eigenvalue weighted by Gasteiger charge is 2.56.